The fourth-order valence-electron chi connectivity index (χ4n) is 3.72. The van der Waals surface area contributed by atoms with Gasteiger partial charge in [0.15, 0.2) is 5.65 Å². The van der Waals surface area contributed by atoms with Gasteiger partial charge in [-0.05, 0) is 42.2 Å². The second-order valence-corrected chi connectivity index (χ2v) is 7.65. The van der Waals surface area contributed by atoms with Crippen LogP contribution in [-0.4, -0.2) is 19.1 Å². The SMILES string of the molecule is CCCc1nc2c(C)ccnc2n1Cc1ccc(-c2c(C#N)cc(Cl)n2C)cc1. The number of nitriles is 1. The summed E-state index contributed by atoms with van der Waals surface area (Å²) in [6.07, 6.45) is 3.80. The van der Waals surface area contributed by atoms with Crippen molar-refractivity contribution in [3.05, 3.63) is 70.3 Å². The van der Waals surface area contributed by atoms with Gasteiger partial charge in [0.25, 0.3) is 0 Å². The maximum absolute atomic E-state index is 9.41. The standard InChI is InChI=1S/C23H22ClN5/c1-4-5-20-27-21-15(2)10-11-26-23(21)29(20)14-16-6-8-17(9-7-16)22-18(13-25)12-19(24)28(22)3/h6-12H,4-5,14H2,1-3H3. The summed E-state index contributed by atoms with van der Waals surface area (Å²) in [7, 11) is 1.87. The number of pyridine rings is 1. The number of hydrogen-bond donors (Lipinski definition) is 0. The smallest absolute Gasteiger partial charge is 0.160 e. The van der Waals surface area contributed by atoms with Crippen molar-refractivity contribution in [1.82, 2.24) is 19.1 Å². The van der Waals surface area contributed by atoms with Gasteiger partial charge in [0.1, 0.15) is 22.6 Å². The van der Waals surface area contributed by atoms with Crippen molar-refractivity contribution in [1.29, 1.82) is 5.26 Å². The molecule has 0 aliphatic carbocycles. The summed E-state index contributed by atoms with van der Waals surface area (Å²) >= 11 is 6.20. The summed E-state index contributed by atoms with van der Waals surface area (Å²) in [4.78, 5) is 9.44. The average Bonchev–Trinajstić information content (AvgIpc) is 3.21. The molecule has 0 N–H and O–H groups in total. The third-order valence-electron chi connectivity index (χ3n) is 5.25. The van der Waals surface area contributed by atoms with E-state index < -0.39 is 0 Å². The van der Waals surface area contributed by atoms with E-state index in [0.29, 0.717) is 17.3 Å². The van der Waals surface area contributed by atoms with Crippen molar-refractivity contribution in [3.8, 4) is 17.3 Å². The zero-order valence-corrected chi connectivity index (χ0v) is 17.5. The predicted octanol–water partition coefficient (Wildman–Crippen LogP) is 5.27. The Kier molecular flexibility index (Phi) is 5.12. The van der Waals surface area contributed by atoms with Crippen molar-refractivity contribution in [3.63, 3.8) is 0 Å². The van der Waals surface area contributed by atoms with E-state index in [1.54, 1.807) is 6.07 Å². The van der Waals surface area contributed by atoms with Crippen LogP contribution in [0.3, 0.4) is 0 Å². The zero-order valence-electron chi connectivity index (χ0n) is 16.8. The highest BCUT2D eigenvalue weighted by molar-refractivity contribution is 6.30. The largest absolute Gasteiger partial charge is 0.334 e. The van der Waals surface area contributed by atoms with Crippen LogP contribution in [0.1, 0.15) is 35.9 Å². The Hall–Kier alpha value is -3.10. The highest BCUT2D eigenvalue weighted by Gasteiger charge is 2.15. The molecule has 0 atom stereocenters. The summed E-state index contributed by atoms with van der Waals surface area (Å²) in [6.45, 7) is 4.95. The Labute approximate surface area is 175 Å². The molecule has 0 radical (unpaired) electrons. The first-order chi connectivity index (χ1) is 14.0. The Balaban J connectivity index is 1.71. The van der Waals surface area contributed by atoms with Gasteiger partial charge in [-0.25, -0.2) is 9.97 Å². The number of aromatic nitrogens is 4. The lowest BCUT2D eigenvalue weighted by Gasteiger charge is -2.10. The minimum absolute atomic E-state index is 0.552. The third kappa shape index (κ3) is 3.41. The fraction of sp³-hybridized carbons (Fsp3) is 0.261. The van der Waals surface area contributed by atoms with Gasteiger partial charge >= 0.3 is 0 Å². The molecule has 0 saturated heterocycles. The minimum Gasteiger partial charge on any atom is -0.334 e. The molecule has 6 heteroatoms. The summed E-state index contributed by atoms with van der Waals surface area (Å²) < 4.78 is 4.05. The number of aryl methyl sites for hydroxylation is 2. The number of rotatable bonds is 5. The molecule has 3 heterocycles. The van der Waals surface area contributed by atoms with Gasteiger partial charge in [-0.1, -0.05) is 42.8 Å². The zero-order chi connectivity index (χ0) is 20.5. The van der Waals surface area contributed by atoms with Gasteiger partial charge < -0.3 is 9.13 Å². The molecule has 0 fully saturated rings. The number of imidazole rings is 1. The quantitative estimate of drug-likeness (QED) is 0.456. The van der Waals surface area contributed by atoms with Gasteiger partial charge in [0.05, 0.1) is 17.8 Å². The topological polar surface area (TPSA) is 59.4 Å². The second kappa shape index (κ2) is 7.73. The molecule has 29 heavy (non-hydrogen) atoms. The number of nitrogens with zero attached hydrogens (tertiary/aromatic N) is 5. The van der Waals surface area contributed by atoms with Gasteiger partial charge in [-0.15, -0.1) is 0 Å². The molecule has 0 aliphatic rings. The van der Waals surface area contributed by atoms with E-state index in [9.17, 15) is 5.26 Å². The maximum Gasteiger partial charge on any atom is 0.160 e. The summed E-state index contributed by atoms with van der Waals surface area (Å²) in [5, 5.41) is 9.96. The van der Waals surface area contributed by atoms with E-state index in [-0.39, 0.29) is 0 Å². The second-order valence-electron chi connectivity index (χ2n) is 7.26. The van der Waals surface area contributed by atoms with Crippen LogP contribution in [0.4, 0.5) is 0 Å². The molecule has 5 nitrogen and oxygen atoms in total. The lowest BCUT2D eigenvalue weighted by molar-refractivity contribution is 0.716. The molecule has 4 rings (SSSR count). The Bertz CT molecular complexity index is 1230. The Morgan fingerprint density at radius 3 is 2.62 bits per heavy atom. The number of halogens is 1. The normalized spacial score (nSPS) is 11.1. The molecule has 0 saturated carbocycles. The van der Waals surface area contributed by atoms with Crippen LogP contribution in [-0.2, 0) is 20.0 Å². The van der Waals surface area contributed by atoms with Crippen molar-refractivity contribution in [2.45, 2.75) is 33.2 Å². The van der Waals surface area contributed by atoms with Crippen molar-refractivity contribution < 1.29 is 0 Å². The summed E-state index contributed by atoms with van der Waals surface area (Å²) in [5.74, 6) is 1.06. The van der Waals surface area contributed by atoms with Gasteiger partial charge in [-0.3, -0.25) is 0 Å². The first kappa shape index (κ1) is 19.2. The molecule has 0 spiro atoms. The van der Waals surface area contributed by atoms with Crippen molar-refractivity contribution >= 4 is 22.8 Å². The Morgan fingerprint density at radius 1 is 1.17 bits per heavy atom. The summed E-state index contributed by atoms with van der Waals surface area (Å²) in [6, 6.07) is 14.2. The first-order valence-corrected chi connectivity index (χ1v) is 10.1. The molecular weight excluding hydrogens is 382 g/mol. The van der Waals surface area contributed by atoms with Crippen LogP contribution >= 0.6 is 11.6 Å². The van der Waals surface area contributed by atoms with Gasteiger partial charge in [0.2, 0.25) is 0 Å². The molecule has 3 aromatic heterocycles. The fourth-order valence-corrected chi connectivity index (χ4v) is 3.91. The average molecular weight is 404 g/mol. The highest BCUT2D eigenvalue weighted by atomic mass is 35.5. The van der Waals surface area contributed by atoms with Crippen LogP contribution < -0.4 is 0 Å². The van der Waals surface area contributed by atoms with E-state index in [1.165, 1.54) is 0 Å². The van der Waals surface area contributed by atoms with Crippen molar-refractivity contribution in [2.75, 3.05) is 0 Å². The molecule has 0 amide bonds. The lowest BCUT2D eigenvalue weighted by atomic mass is 10.1. The van der Waals surface area contributed by atoms with Crippen LogP contribution in [0.15, 0.2) is 42.6 Å². The van der Waals surface area contributed by atoms with Gasteiger partial charge in [0, 0.05) is 19.7 Å². The van der Waals surface area contributed by atoms with E-state index >= 15 is 0 Å². The molecule has 4 aromatic rings. The summed E-state index contributed by atoms with van der Waals surface area (Å²) in [5.41, 5.74) is 6.59. The van der Waals surface area contributed by atoms with E-state index in [4.69, 9.17) is 16.6 Å². The van der Waals surface area contributed by atoms with E-state index in [0.717, 1.165) is 52.2 Å². The van der Waals surface area contributed by atoms with E-state index in [1.807, 2.05) is 36.0 Å². The monoisotopic (exact) mass is 403 g/mol. The maximum atomic E-state index is 9.41. The van der Waals surface area contributed by atoms with Crippen LogP contribution in [0.2, 0.25) is 5.15 Å². The van der Waals surface area contributed by atoms with Crippen molar-refractivity contribution in [2.24, 2.45) is 7.05 Å². The number of benzene rings is 1. The molecular formula is C23H22ClN5. The van der Waals surface area contributed by atoms with Crippen LogP contribution in [0.5, 0.6) is 0 Å². The molecule has 0 aliphatic heterocycles. The highest BCUT2D eigenvalue weighted by Crippen LogP contribution is 2.29. The predicted molar refractivity (Wildman–Crippen MR) is 116 cm³/mol. The number of fused-ring (bicyclic) bond motifs is 1. The molecule has 1 aromatic carbocycles. The van der Waals surface area contributed by atoms with Crippen LogP contribution in [0.25, 0.3) is 22.4 Å². The number of hydrogen-bond acceptors (Lipinski definition) is 3. The first-order valence-electron chi connectivity index (χ1n) is 9.68. The lowest BCUT2D eigenvalue weighted by Crippen LogP contribution is -2.06. The van der Waals surface area contributed by atoms with E-state index in [2.05, 4.69) is 41.6 Å². The van der Waals surface area contributed by atoms with Crippen LogP contribution in [0, 0.1) is 18.3 Å². The minimum atomic E-state index is 0.552. The third-order valence-corrected chi connectivity index (χ3v) is 5.61. The Morgan fingerprint density at radius 2 is 1.93 bits per heavy atom. The molecule has 0 bridgehead atoms. The molecule has 0 unspecified atom stereocenters. The van der Waals surface area contributed by atoms with Gasteiger partial charge in [-0.2, -0.15) is 5.26 Å². The molecule has 146 valence electrons.